The Kier molecular flexibility index (Phi) is 3.75. The second kappa shape index (κ2) is 4.63. The van der Waals surface area contributed by atoms with E-state index in [2.05, 4.69) is 5.10 Å². The molecule has 3 nitrogen and oxygen atoms in total. The zero-order valence-corrected chi connectivity index (χ0v) is 9.06. The van der Waals surface area contributed by atoms with E-state index in [1.54, 1.807) is 7.11 Å². The van der Waals surface area contributed by atoms with Crippen molar-refractivity contribution in [3.8, 4) is 0 Å². The first kappa shape index (κ1) is 10.5. The van der Waals surface area contributed by atoms with Crippen LogP contribution in [0.2, 0.25) is 0 Å². The molecule has 0 spiro atoms. The van der Waals surface area contributed by atoms with Gasteiger partial charge in [-0.25, -0.2) is 0 Å². The van der Waals surface area contributed by atoms with E-state index in [0.717, 1.165) is 12.1 Å². The van der Waals surface area contributed by atoms with Crippen LogP contribution in [0.5, 0.6) is 0 Å². The van der Waals surface area contributed by atoms with Gasteiger partial charge in [0.05, 0.1) is 12.3 Å². The summed E-state index contributed by atoms with van der Waals surface area (Å²) in [6, 6.07) is 0. The summed E-state index contributed by atoms with van der Waals surface area (Å²) in [5.74, 6) is 0.628. The van der Waals surface area contributed by atoms with Crippen molar-refractivity contribution >= 4 is 11.6 Å². The molecular formula is C9H15ClN2O. The normalized spacial score (nSPS) is 10.8. The van der Waals surface area contributed by atoms with Gasteiger partial charge in [0, 0.05) is 25.7 Å². The Bertz CT molecular complexity index is 283. The molecule has 0 N–H and O–H groups in total. The van der Waals surface area contributed by atoms with Crippen molar-refractivity contribution in [2.75, 3.05) is 13.0 Å². The number of aromatic nitrogens is 2. The minimum Gasteiger partial charge on any atom is -0.378 e. The van der Waals surface area contributed by atoms with Crippen LogP contribution >= 0.6 is 11.6 Å². The molecule has 0 amide bonds. The number of halogens is 1. The molecule has 74 valence electrons. The Morgan fingerprint density at radius 3 is 2.77 bits per heavy atom. The number of methoxy groups -OCH3 is 1. The molecule has 0 radical (unpaired) electrons. The average molecular weight is 203 g/mol. The summed E-state index contributed by atoms with van der Waals surface area (Å²) in [4.78, 5) is 0. The number of aryl methyl sites for hydroxylation is 1. The first-order valence-electron chi connectivity index (χ1n) is 4.27. The van der Waals surface area contributed by atoms with Gasteiger partial charge < -0.3 is 4.74 Å². The third kappa shape index (κ3) is 2.23. The van der Waals surface area contributed by atoms with Gasteiger partial charge in [-0.3, -0.25) is 4.68 Å². The van der Waals surface area contributed by atoms with Gasteiger partial charge in [-0.2, -0.15) is 5.10 Å². The third-order valence-electron chi connectivity index (χ3n) is 2.17. The van der Waals surface area contributed by atoms with Gasteiger partial charge in [0.1, 0.15) is 0 Å². The van der Waals surface area contributed by atoms with Gasteiger partial charge in [-0.15, -0.1) is 11.6 Å². The first-order chi connectivity index (χ1) is 6.20. The number of hydrogen-bond acceptors (Lipinski definition) is 2. The summed E-state index contributed by atoms with van der Waals surface area (Å²) in [7, 11) is 3.61. The van der Waals surface area contributed by atoms with E-state index in [4.69, 9.17) is 16.3 Å². The fraction of sp³-hybridized carbons (Fsp3) is 0.667. The molecule has 0 aliphatic rings. The van der Waals surface area contributed by atoms with Gasteiger partial charge in [0.25, 0.3) is 0 Å². The minimum atomic E-state index is 0.563. The summed E-state index contributed by atoms with van der Waals surface area (Å²) in [5, 5.41) is 4.35. The van der Waals surface area contributed by atoms with Crippen LogP contribution < -0.4 is 0 Å². The van der Waals surface area contributed by atoms with Gasteiger partial charge in [0.15, 0.2) is 0 Å². The largest absolute Gasteiger partial charge is 0.378 e. The topological polar surface area (TPSA) is 27.1 Å². The molecule has 0 aliphatic carbocycles. The maximum Gasteiger partial charge on any atom is 0.0916 e. The maximum atomic E-state index is 5.71. The van der Waals surface area contributed by atoms with Crippen molar-refractivity contribution < 1.29 is 4.74 Å². The van der Waals surface area contributed by atoms with Gasteiger partial charge in [-0.1, -0.05) is 0 Å². The zero-order chi connectivity index (χ0) is 9.84. The smallest absolute Gasteiger partial charge is 0.0916 e. The Hall–Kier alpha value is -0.540. The number of ether oxygens (including phenoxy) is 1. The van der Waals surface area contributed by atoms with E-state index >= 15 is 0 Å². The van der Waals surface area contributed by atoms with Crippen molar-refractivity contribution in [1.29, 1.82) is 0 Å². The van der Waals surface area contributed by atoms with Crippen LogP contribution in [-0.2, 0) is 24.8 Å². The van der Waals surface area contributed by atoms with Crippen LogP contribution in [0.3, 0.4) is 0 Å². The Balaban J connectivity index is 2.96. The quantitative estimate of drug-likeness (QED) is 0.695. The predicted molar refractivity (Wildman–Crippen MR) is 53.1 cm³/mol. The van der Waals surface area contributed by atoms with Crippen LogP contribution in [0, 0.1) is 6.92 Å². The molecule has 0 aliphatic heterocycles. The van der Waals surface area contributed by atoms with Crippen LogP contribution in [0.15, 0.2) is 0 Å². The highest BCUT2D eigenvalue weighted by atomic mass is 35.5. The lowest BCUT2D eigenvalue weighted by Crippen LogP contribution is -1.95. The number of hydrogen-bond donors (Lipinski definition) is 0. The number of alkyl halides is 1. The molecule has 1 rings (SSSR count). The molecule has 13 heavy (non-hydrogen) atoms. The van der Waals surface area contributed by atoms with E-state index in [-0.39, 0.29) is 0 Å². The SMILES string of the molecule is COCc1nn(C)c(C)c1CCCl. The monoisotopic (exact) mass is 202 g/mol. The molecule has 0 saturated heterocycles. The average Bonchev–Trinajstić information content (AvgIpc) is 2.34. The molecule has 0 bridgehead atoms. The van der Waals surface area contributed by atoms with Crippen molar-refractivity contribution in [2.24, 2.45) is 7.05 Å². The standard InChI is InChI=1S/C9H15ClN2O/c1-7-8(4-5-10)9(6-13-3)11-12(7)2/h4-6H2,1-3H3. The second-order valence-electron chi connectivity index (χ2n) is 3.01. The predicted octanol–water partition coefficient (Wildman–Crippen LogP) is 1.66. The van der Waals surface area contributed by atoms with E-state index < -0.39 is 0 Å². The highest BCUT2D eigenvalue weighted by Gasteiger charge is 2.11. The van der Waals surface area contributed by atoms with Gasteiger partial charge in [0.2, 0.25) is 0 Å². The molecule has 1 heterocycles. The van der Waals surface area contributed by atoms with E-state index in [1.807, 2.05) is 18.7 Å². The Labute approximate surface area is 83.6 Å². The molecule has 0 atom stereocenters. The fourth-order valence-corrected chi connectivity index (χ4v) is 1.58. The maximum absolute atomic E-state index is 5.71. The molecule has 1 aromatic heterocycles. The highest BCUT2D eigenvalue weighted by Crippen LogP contribution is 2.14. The summed E-state index contributed by atoms with van der Waals surface area (Å²) in [5.41, 5.74) is 3.40. The molecule has 4 heteroatoms. The second-order valence-corrected chi connectivity index (χ2v) is 3.38. The molecule has 0 aromatic carbocycles. The summed E-state index contributed by atoms with van der Waals surface area (Å²) >= 11 is 5.71. The van der Waals surface area contributed by atoms with Gasteiger partial charge in [-0.05, 0) is 18.9 Å². The first-order valence-corrected chi connectivity index (χ1v) is 4.80. The Morgan fingerprint density at radius 1 is 1.54 bits per heavy atom. The molecule has 0 unspecified atom stereocenters. The van der Waals surface area contributed by atoms with Gasteiger partial charge >= 0.3 is 0 Å². The van der Waals surface area contributed by atoms with E-state index in [0.29, 0.717) is 12.5 Å². The number of rotatable bonds is 4. The summed E-state index contributed by atoms with van der Waals surface area (Å²) in [6.07, 6.45) is 0.861. The van der Waals surface area contributed by atoms with E-state index in [9.17, 15) is 0 Å². The van der Waals surface area contributed by atoms with Crippen molar-refractivity contribution in [2.45, 2.75) is 20.0 Å². The zero-order valence-electron chi connectivity index (χ0n) is 8.30. The lowest BCUT2D eigenvalue weighted by atomic mass is 10.1. The van der Waals surface area contributed by atoms with Crippen LogP contribution in [-0.4, -0.2) is 22.8 Å². The van der Waals surface area contributed by atoms with Crippen molar-refractivity contribution in [1.82, 2.24) is 9.78 Å². The van der Waals surface area contributed by atoms with Crippen LogP contribution in [0.25, 0.3) is 0 Å². The summed E-state index contributed by atoms with van der Waals surface area (Å²) < 4.78 is 6.94. The highest BCUT2D eigenvalue weighted by molar-refractivity contribution is 6.18. The fourth-order valence-electron chi connectivity index (χ4n) is 1.39. The van der Waals surface area contributed by atoms with Crippen molar-refractivity contribution in [3.63, 3.8) is 0 Å². The lowest BCUT2D eigenvalue weighted by molar-refractivity contribution is 0.180. The molecule has 0 saturated carbocycles. The van der Waals surface area contributed by atoms with Crippen LogP contribution in [0.1, 0.15) is 17.0 Å². The van der Waals surface area contributed by atoms with Crippen LogP contribution in [0.4, 0.5) is 0 Å². The minimum absolute atomic E-state index is 0.563. The molecular weight excluding hydrogens is 188 g/mol. The third-order valence-corrected chi connectivity index (χ3v) is 2.36. The molecule has 1 aromatic rings. The molecule has 0 fully saturated rings. The summed E-state index contributed by atoms with van der Waals surface area (Å²) in [6.45, 7) is 2.61. The van der Waals surface area contributed by atoms with Crippen molar-refractivity contribution in [3.05, 3.63) is 17.0 Å². The lowest BCUT2D eigenvalue weighted by Gasteiger charge is -1.99. The van der Waals surface area contributed by atoms with E-state index in [1.165, 1.54) is 11.3 Å². The Morgan fingerprint density at radius 2 is 2.23 bits per heavy atom. The number of nitrogens with zero attached hydrogens (tertiary/aromatic N) is 2.